The van der Waals surface area contributed by atoms with E-state index in [9.17, 15) is 0 Å². The lowest BCUT2D eigenvalue weighted by molar-refractivity contribution is 0.414. The Bertz CT molecular complexity index is 766. The first-order valence-electron chi connectivity index (χ1n) is 7.98. The van der Waals surface area contributed by atoms with Crippen molar-refractivity contribution >= 4 is 17.1 Å². The Morgan fingerprint density at radius 3 is 1.48 bits per heavy atom. The van der Waals surface area contributed by atoms with E-state index in [4.69, 9.17) is 14.2 Å². The van der Waals surface area contributed by atoms with Gasteiger partial charge in [-0.05, 0) is 60.7 Å². The molecule has 0 radical (unpaired) electrons. The number of para-hydroxylation sites is 2. The summed E-state index contributed by atoms with van der Waals surface area (Å²) in [6, 6.07) is 23.8. The van der Waals surface area contributed by atoms with E-state index >= 15 is 0 Å². The Hall–Kier alpha value is -3.14. The van der Waals surface area contributed by atoms with Gasteiger partial charge in [-0.1, -0.05) is 12.1 Å². The van der Waals surface area contributed by atoms with Gasteiger partial charge in [-0.15, -0.1) is 0 Å². The summed E-state index contributed by atoms with van der Waals surface area (Å²) in [6.07, 6.45) is 0. The van der Waals surface area contributed by atoms with Crippen molar-refractivity contribution in [1.29, 1.82) is 0 Å². The van der Waals surface area contributed by atoms with Gasteiger partial charge in [0.25, 0.3) is 0 Å². The van der Waals surface area contributed by atoms with Gasteiger partial charge in [0.1, 0.15) is 17.2 Å². The number of ether oxygens (including phenoxy) is 3. The highest BCUT2D eigenvalue weighted by Gasteiger charge is 2.16. The van der Waals surface area contributed by atoms with Crippen LogP contribution in [0.4, 0.5) is 17.1 Å². The molecule has 0 spiro atoms. The third kappa shape index (κ3) is 3.53. The fourth-order valence-electron chi connectivity index (χ4n) is 2.70. The maximum absolute atomic E-state index is 5.57. The van der Waals surface area contributed by atoms with Crippen LogP contribution in [-0.4, -0.2) is 21.3 Å². The summed E-state index contributed by atoms with van der Waals surface area (Å²) in [7, 11) is 5.01. The second kappa shape index (κ2) is 7.62. The van der Waals surface area contributed by atoms with Crippen molar-refractivity contribution in [2.75, 3.05) is 26.2 Å². The van der Waals surface area contributed by atoms with Gasteiger partial charge in [0, 0.05) is 11.4 Å². The summed E-state index contributed by atoms with van der Waals surface area (Å²) in [4.78, 5) is 2.14. The number of hydrogen-bond acceptors (Lipinski definition) is 4. The van der Waals surface area contributed by atoms with E-state index in [1.54, 1.807) is 21.3 Å². The lowest BCUT2D eigenvalue weighted by Crippen LogP contribution is -2.11. The molecule has 0 aliphatic rings. The summed E-state index contributed by atoms with van der Waals surface area (Å²) >= 11 is 0. The molecule has 0 atom stereocenters. The molecule has 0 fully saturated rings. The molecule has 3 aromatic rings. The van der Waals surface area contributed by atoms with Crippen LogP contribution < -0.4 is 19.1 Å². The average molecular weight is 335 g/mol. The molecule has 0 unspecified atom stereocenters. The first-order chi connectivity index (χ1) is 12.3. The first-order valence-corrected chi connectivity index (χ1v) is 7.98. The molecular weight excluding hydrogens is 314 g/mol. The van der Waals surface area contributed by atoms with Crippen LogP contribution in [0.5, 0.6) is 17.2 Å². The van der Waals surface area contributed by atoms with Crippen LogP contribution in [-0.2, 0) is 0 Å². The van der Waals surface area contributed by atoms with Crippen LogP contribution in [0, 0.1) is 0 Å². The molecule has 0 saturated carbocycles. The fourth-order valence-corrected chi connectivity index (χ4v) is 2.70. The quantitative estimate of drug-likeness (QED) is 0.621. The van der Waals surface area contributed by atoms with Crippen LogP contribution in [0.3, 0.4) is 0 Å². The number of rotatable bonds is 6. The summed E-state index contributed by atoms with van der Waals surface area (Å²) < 4.78 is 16.1. The summed E-state index contributed by atoms with van der Waals surface area (Å²) in [5.41, 5.74) is 2.98. The minimum absolute atomic E-state index is 0.800. The van der Waals surface area contributed by atoms with E-state index in [2.05, 4.69) is 4.90 Å². The first kappa shape index (κ1) is 16.7. The number of benzene rings is 3. The molecule has 0 aliphatic carbocycles. The van der Waals surface area contributed by atoms with Crippen LogP contribution in [0.25, 0.3) is 0 Å². The lowest BCUT2D eigenvalue weighted by atomic mass is 10.1. The number of anilines is 3. The SMILES string of the molecule is COc1ccc(N(c2ccc(OC)cc2)c2ccccc2OC)cc1. The zero-order valence-electron chi connectivity index (χ0n) is 14.6. The normalized spacial score (nSPS) is 10.2. The molecular formula is C21H21NO3. The van der Waals surface area contributed by atoms with Gasteiger partial charge in [-0.2, -0.15) is 0 Å². The molecule has 0 aliphatic heterocycles. The molecule has 0 amide bonds. The molecule has 0 bridgehead atoms. The molecule has 0 heterocycles. The van der Waals surface area contributed by atoms with Gasteiger partial charge >= 0.3 is 0 Å². The fraction of sp³-hybridized carbons (Fsp3) is 0.143. The molecule has 0 saturated heterocycles. The Kier molecular flexibility index (Phi) is 5.09. The number of methoxy groups -OCH3 is 3. The zero-order valence-corrected chi connectivity index (χ0v) is 14.6. The van der Waals surface area contributed by atoms with E-state index in [0.717, 1.165) is 34.3 Å². The molecule has 4 heteroatoms. The van der Waals surface area contributed by atoms with Gasteiger partial charge in [0.05, 0.1) is 27.0 Å². The van der Waals surface area contributed by atoms with Crippen LogP contribution in [0.15, 0.2) is 72.8 Å². The largest absolute Gasteiger partial charge is 0.497 e. The third-order valence-corrected chi connectivity index (χ3v) is 3.99. The van der Waals surface area contributed by atoms with Gasteiger partial charge in [-0.3, -0.25) is 0 Å². The van der Waals surface area contributed by atoms with Gasteiger partial charge in [0.2, 0.25) is 0 Å². The molecule has 4 nitrogen and oxygen atoms in total. The van der Waals surface area contributed by atoms with Crippen molar-refractivity contribution in [2.24, 2.45) is 0 Å². The molecule has 3 aromatic carbocycles. The predicted octanol–water partition coefficient (Wildman–Crippen LogP) is 5.18. The van der Waals surface area contributed by atoms with Crippen molar-refractivity contribution in [3.8, 4) is 17.2 Å². The maximum Gasteiger partial charge on any atom is 0.142 e. The topological polar surface area (TPSA) is 30.9 Å². The van der Waals surface area contributed by atoms with Crippen LogP contribution in [0.1, 0.15) is 0 Å². The molecule has 3 rings (SSSR count). The van der Waals surface area contributed by atoms with Gasteiger partial charge < -0.3 is 19.1 Å². The van der Waals surface area contributed by atoms with Crippen molar-refractivity contribution in [1.82, 2.24) is 0 Å². The van der Waals surface area contributed by atoms with Gasteiger partial charge in [0.15, 0.2) is 0 Å². The summed E-state index contributed by atoms with van der Waals surface area (Å²) in [5, 5.41) is 0. The Labute approximate surface area is 148 Å². The summed E-state index contributed by atoms with van der Waals surface area (Å²) in [6.45, 7) is 0. The van der Waals surface area contributed by atoms with Crippen molar-refractivity contribution in [3.05, 3.63) is 72.8 Å². The standard InChI is InChI=1S/C21H21NO3/c1-23-18-12-8-16(9-13-18)22(17-10-14-19(24-2)15-11-17)20-6-4-5-7-21(20)25-3/h4-15H,1-3H3. The van der Waals surface area contributed by atoms with Crippen molar-refractivity contribution in [3.63, 3.8) is 0 Å². The lowest BCUT2D eigenvalue weighted by Gasteiger charge is -2.27. The third-order valence-electron chi connectivity index (χ3n) is 3.99. The van der Waals surface area contributed by atoms with E-state index in [-0.39, 0.29) is 0 Å². The number of hydrogen-bond donors (Lipinski definition) is 0. The highest BCUT2D eigenvalue weighted by molar-refractivity contribution is 5.80. The zero-order chi connectivity index (χ0) is 17.6. The van der Waals surface area contributed by atoms with E-state index in [1.807, 2.05) is 72.8 Å². The second-order valence-electron chi connectivity index (χ2n) is 5.40. The second-order valence-corrected chi connectivity index (χ2v) is 5.40. The summed E-state index contributed by atoms with van der Waals surface area (Å²) in [5.74, 6) is 2.44. The Balaban J connectivity index is 2.12. The van der Waals surface area contributed by atoms with Crippen LogP contribution in [0.2, 0.25) is 0 Å². The Morgan fingerprint density at radius 1 is 0.560 bits per heavy atom. The maximum atomic E-state index is 5.57. The monoisotopic (exact) mass is 335 g/mol. The molecule has 128 valence electrons. The van der Waals surface area contributed by atoms with Crippen molar-refractivity contribution in [2.45, 2.75) is 0 Å². The van der Waals surface area contributed by atoms with Crippen molar-refractivity contribution < 1.29 is 14.2 Å². The average Bonchev–Trinajstić information content (AvgIpc) is 2.69. The van der Waals surface area contributed by atoms with E-state index < -0.39 is 0 Å². The highest BCUT2D eigenvalue weighted by atomic mass is 16.5. The van der Waals surface area contributed by atoms with Gasteiger partial charge in [-0.25, -0.2) is 0 Å². The Morgan fingerprint density at radius 2 is 1.04 bits per heavy atom. The predicted molar refractivity (Wildman–Crippen MR) is 101 cm³/mol. The minimum Gasteiger partial charge on any atom is -0.497 e. The van der Waals surface area contributed by atoms with E-state index in [1.165, 1.54) is 0 Å². The number of nitrogens with zero attached hydrogens (tertiary/aromatic N) is 1. The minimum atomic E-state index is 0.800. The highest BCUT2D eigenvalue weighted by Crippen LogP contribution is 2.40. The van der Waals surface area contributed by atoms with E-state index in [0.29, 0.717) is 0 Å². The smallest absolute Gasteiger partial charge is 0.142 e. The van der Waals surface area contributed by atoms with Crippen LogP contribution >= 0.6 is 0 Å². The molecule has 0 N–H and O–H groups in total. The molecule has 0 aromatic heterocycles. The molecule has 25 heavy (non-hydrogen) atoms.